The van der Waals surface area contributed by atoms with Crippen LogP contribution in [0, 0.1) is 5.92 Å². The zero-order valence-electron chi connectivity index (χ0n) is 8.70. The molecule has 3 atom stereocenters. The number of hydrogen-bond donors (Lipinski definition) is 0. The molecule has 1 aliphatic carbocycles. The van der Waals surface area contributed by atoms with Gasteiger partial charge in [-0.2, -0.15) is 0 Å². The Hall–Kier alpha value is -0.570. The Morgan fingerprint density at radius 3 is 2.86 bits per heavy atom. The lowest BCUT2D eigenvalue weighted by molar-refractivity contribution is -0.176. The lowest BCUT2D eigenvalue weighted by Crippen LogP contribution is -2.26. The summed E-state index contributed by atoms with van der Waals surface area (Å²) in [6.45, 7) is 2.26. The summed E-state index contributed by atoms with van der Waals surface area (Å²) >= 11 is 0. The van der Waals surface area contributed by atoms with Crippen molar-refractivity contribution in [2.24, 2.45) is 5.92 Å². The average Bonchev–Trinajstić information content (AvgIpc) is 2.51. The van der Waals surface area contributed by atoms with E-state index < -0.39 is 0 Å². The predicted molar refractivity (Wildman–Crippen MR) is 51.6 cm³/mol. The molecular weight excluding hydrogens is 180 g/mol. The number of hydrogen-bond acceptors (Lipinski definition) is 3. The van der Waals surface area contributed by atoms with Crippen LogP contribution in [0.25, 0.3) is 0 Å². The first-order valence-corrected chi connectivity index (χ1v) is 5.59. The molecule has 1 aliphatic heterocycles. The van der Waals surface area contributed by atoms with E-state index in [2.05, 4.69) is 6.92 Å². The molecule has 2 rings (SSSR count). The predicted octanol–water partition coefficient (Wildman–Crippen LogP) is 2.24. The highest BCUT2D eigenvalue weighted by molar-refractivity contribution is 5.71. The van der Waals surface area contributed by atoms with E-state index in [0.29, 0.717) is 12.5 Å². The number of rotatable bonds is 2. The number of ether oxygens (including phenoxy) is 2. The van der Waals surface area contributed by atoms with Gasteiger partial charge < -0.3 is 9.47 Å². The molecule has 1 heterocycles. The summed E-state index contributed by atoms with van der Waals surface area (Å²) < 4.78 is 10.8. The molecule has 2 aliphatic rings. The highest BCUT2D eigenvalue weighted by Crippen LogP contribution is 2.28. The minimum Gasteiger partial charge on any atom is -0.436 e. The van der Waals surface area contributed by atoms with Crippen LogP contribution in [0.1, 0.15) is 45.4 Å². The van der Waals surface area contributed by atoms with Gasteiger partial charge in [0.15, 0.2) is 0 Å². The van der Waals surface area contributed by atoms with Crippen LogP contribution in [-0.2, 0) is 14.3 Å². The standard InChI is InChI=1S/C11H18O3/c1-8-3-2-4-9(7-8)13-11-6-5-10(12)14-11/h8-9,11H,2-7H2,1H3. The zero-order chi connectivity index (χ0) is 9.97. The highest BCUT2D eigenvalue weighted by atomic mass is 16.7. The molecule has 0 radical (unpaired) electrons. The second-order valence-corrected chi connectivity index (χ2v) is 4.49. The van der Waals surface area contributed by atoms with Gasteiger partial charge in [0.1, 0.15) is 0 Å². The van der Waals surface area contributed by atoms with E-state index in [4.69, 9.17) is 9.47 Å². The van der Waals surface area contributed by atoms with Crippen LogP contribution >= 0.6 is 0 Å². The summed E-state index contributed by atoms with van der Waals surface area (Å²) in [6.07, 6.45) is 6.12. The van der Waals surface area contributed by atoms with Crippen LogP contribution in [0.4, 0.5) is 0 Å². The molecule has 0 aromatic heterocycles. The normalized spacial score (nSPS) is 38.4. The molecule has 14 heavy (non-hydrogen) atoms. The Balaban J connectivity index is 1.76. The van der Waals surface area contributed by atoms with E-state index in [1.807, 2.05) is 0 Å². The first-order chi connectivity index (χ1) is 6.74. The van der Waals surface area contributed by atoms with Gasteiger partial charge in [0.25, 0.3) is 0 Å². The Kier molecular flexibility index (Phi) is 3.06. The molecule has 0 amide bonds. The molecule has 80 valence electrons. The number of carbonyl (C=O) groups excluding carboxylic acids is 1. The van der Waals surface area contributed by atoms with Gasteiger partial charge in [-0.15, -0.1) is 0 Å². The highest BCUT2D eigenvalue weighted by Gasteiger charge is 2.28. The van der Waals surface area contributed by atoms with Gasteiger partial charge in [0.05, 0.1) is 12.5 Å². The van der Waals surface area contributed by atoms with Crippen LogP contribution in [-0.4, -0.2) is 18.4 Å². The summed E-state index contributed by atoms with van der Waals surface area (Å²) in [6, 6.07) is 0. The lowest BCUT2D eigenvalue weighted by Gasteiger charge is -2.28. The van der Waals surface area contributed by atoms with Crippen molar-refractivity contribution in [2.45, 2.75) is 57.8 Å². The Labute approximate surface area is 84.8 Å². The Bertz CT molecular complexity index is 215. The van der Waals surface area contributed by atoms with Gasteiger partial charge in [-0.25, -0.2) is 0 Å². The van der Waals surface area contributed by atoms with E-state index >= 15 is 0 Å². The molecule has 0 spiro atoms. The van der Waals surface area contributed by atoms with Crippen molar-refractivity contribution < 1.29 is 14.3 Å². The molecule has 3 unspecified atom stereocenters. The zero-order valence-corrected chi connectivity index (χ0v) is 8.70. The van der Waals surface area contributed by atoms with Crippen LogP contribution in [0.5, 0.6) is 0 Å². The minimum atomic E-state index is -0.252. The van der Waals surface area contributed by atoms with Gasteiger partial charge in [-0.05, 0) is 18.8 Å². The van der Waals surface area contributed by atoms with Crippen molar-refractivity contribution in [3.63, 3.8) is 0 Å². The van der Waals surface area contributed by atoms with E-state index in [-0.39, 0.29) is 12.3 Å². The largest absolute Gasteiger partial charge is 0.436 e. The van der Waals surface area contributed by atoms with Crippen molar-refractivity contribution in [1.29, 1.82) is 0 Å². The first-order valence-electron chi connectivity index (χ1n) is 5.59. The maximum atomic E-state index is 10.9. The van der Waals surface area contributed by atoms with Gasteiger partial charge in [0.2, 0.25) is 6.29 Å². The lowest BCUT2D eigenvalue weighted by atomic mass is 9.89. The second-order valence-electron chi connectivity index (χ2n) is 4.49. The molecule has 1 saturated carbocycles. The smallest absolute Gasteiger partial charge is 0.308 e. The molecule has 3 nitrogen and oxygen atoms in total. The molecular formula is C11H18O3. The molecule has 2 fully saturated rings. The minimum absolute atomic E-state index is 0.112. The van der Waals surface area contributed by atoms with E-state index in [0.717, 1.165) is 25.2 Å². The average molecular weight is 198 g/mol. The SMILES string of the molecule is CC1CCCC(OC2CCC(=O)O2)C1. The van der Waals surface area contributed by atoms with Crippen molar-refractivity contribution in [1.82, 2.24) is 0 Å². The monoisotopic (exact) mass is 198 g/mol. The van der Waals surface area contributed by atoms with Gasteiger partial charge in [0, 0.05) is 6.42 Å². The molecule has 3 heteroatoms. The fraction of sp³-hybridized carbons (Fsp3) is 0.909. The summed E-state index contributed by atoms with van der Waals surface area (Å²) in [5, 5.41) is 0. The summed E-state index contributed by atoms with van der Waals surface area (Å²) in [5.74, 6) is 0.643. The molecule has 1 saturated heterocycles. The first kappa shape index (κ1) is 9.97. The summed E-state index contributed by atoms with van der Waals surface area (Å²) in [4.78, 5) is 10.9. The molecule has 0 N–H and O–H groups in total. The van der Waals surface area contributed by atoms with E-state index in [1.54, 1.807) is 0 Å². The fourth-order valence-corrected chi connectivity index (χ4v) is 2.31. The third kappa shape index (κ3) is 2.47. The van der Waals surface area contributed by atoms with Gasteiger partial charge in [-0.1, -0.05) is 19.8 Å². The Morgan fingerprint density at radius 1 is 1.36 bits per heavy atom. The molecule has 0 bridgehead atoms. The third-order valence-corrected chi connectivity index (χ3v) is 3.08. The van der Waals surface area contributed by atoms with Crippen LogP contribution in [0.3, 0.4) is 0 Å². The number of cyclic esters (lactones) is 1. The maximum Gasteiger partial charge on any atom is 0.308 e. The van der Waals surface area contributed by atoms with Crippen LogP contribution in [0.15, 0.2) is 0 Å². The molecule has 0 aromatic carbocycles. The van der Waals surface area contributed by atoms with Crippen molar-refractivity contribution in [3.8, 4) is 0 Å². The third-order valence-electron chi connectivity index (χ3n) is 3.08. The summed E-state index contributed by atoms with van der Waals surface area (Å²) in [5.41, 5.74) is 0. The van der Waals surface area contributed by atoms with E-state index in [1.165, 1.54) is 12.8 Å². The number of carbonyl (C=O) groups is 1. The van der Waals surface area contributed by atoms with Crippen molar-refractivity contribution in [3.05, 3.63) is 0 Å². The number of esters is 1. The van der Waals surface area contributed by atoms with Crippen LogP contribution in [0.2, 0.25) is 0 Å². The summed E-state index contributed by atoms with van der Waals surface area (Å²) in [7, 11) is 0. The Morgan fingerprint density at radius 2 is 2.21 bits per heavy atom. The van der Waals surface area contributed by atoms with Crippen LogP contribution < -0.4 is 0 Å². The van der Waals surface area contributed by atoms with Crippen molar-refractivity contribution >= 4 is 5.97 Å². The van der Waals surface area contributed by atoms with Crippen molar-refractivity contribution in [2.75, 3.05) is 0 Å². The molecule has 0 aromatic rings. The quantitative estimate of drug-likeness (QED) is 0.638. The maximum absolute atomic E-state index is 10.9. The van der Waals surface area contributed by atoms with Gasteiger partial charge in [-0.3, -0.25) is 4.79 Å². The second kappa shape index (κ2) is 4.30. The van der Waals surface area contributed by atoms with Gasteiger partial charge >= 0.3 is 5.97 Å². The topological polar surface area (TPSA) is 35.5 Å². The van der Waals surface area contributed by atoms with E-state index in [9.17, 15) is 4.79 Å². The fourth-order valence-electron chi connectivity index (χ4n) is 2.31.